The standard InChI is InChI=1S/C25H26N4O/c1-4-5-6-7-8-24(30-3)14-9-20(2)15-25(18-28,19-29)23-12-10-21(11-13-23)22(16-26)17-27/h4,7-8,10-14,20,22H,1,5-6,9,15H2,2-3H3/b8-7-,24-14-. The summed E-state index contributed by atoms with van der Waals surface area (Å²) in [6.07, 6.45) is 10.6. The highest BCUT2D eigenvalue weighted by Gasteiger charge is 2.34. The number of ether oxygens (including phenoxy) is 1. The minimum Gasteiger partial charge on any atom is -0.497 e. The number of allylic oxidation sites excluding steroid dienone is 4. The van der Waals surface area contributed by atoms with Gasteiger partial charge in [-0.1, -0.05) is 43.3 Å². The van der Waals surface area contributed by atoms with Gasteiger partial charge in [0.25, 0.3) is 0 Å². The summed E-state index contributed by atoms with van der Waals surface area (Å²) in [4.78, 5) is 0. The molecule has 0 saturated carbocycles. The fourth-order valence-corrected chi connectivity index (χ4v) is 3.06. The first-order valence-electron chi connectivity index (χ1n) is 9.74. The normalized spacial score (nSPS) is 12.4. The fourth-order valence-electron chi connectivity index (χ4n) is 3.06. The lowest BCUT2D eigenvalue weighted by molar-refractivity contribution is 0.303. The van der Waals surface area contributed by atoms with Crippen LogP contribution in [0.5, 0.6) is 0 Å². The van der Waals surface area contributed by atoms with Gasteiger partial charge in [0.05, 0.1) is 31.4 Å². The molecule has 1 aromatic carbocycles. The summed E-state index contributed by atoms with van der Waals surface area (Å²) < 4.78 is 5.37. The van der Waals surface area contributed by atoms with Crippen LogP contribution in [0, 0.1) is 51.2 Å². The van der Waals surface area contributed by atoms with Gasteiger partial charge in [-0.15, -0.1) is 6.58 Å². The Bertz CT molecular complexity index is 902. The summed E-state index contributed by atoms with van der Waals surface area (Å²) in [5, 5.41) is 37.7. The molecule has 152 valence electrons. The van der Waals surface area contributed by atoms with Gasteiger partial charge in [0.1, 0.15) is 5.76 Å². The maximum Gasteiger partial charge on any atom is 0.168 e. The molecule has 0 aliphatic carbocycles. The van der Waals surface area contributed by atoms with Crippen molar-refractivity contribution < 1.29 is 4.74 Å². The summed E-state index contributed by atoms with van der Waals surface area (Å²) in [6.45, 7) is 5.68. The molecule has 30 heavy (non-hydrogen) atoms. The zero-order valence-electron chi connectivity index (χ0n) is 17.5. The first kappa shape index (κ1) is 24.2. The third-order valence-electron chi connectivity index (χ3n) is 4.81. The number of methoxy groups -OCH3 is 1. The van der Waals surface area contributed by atoms with Crippen LogP contribution in [0.15, 0.2) is 60.9 Å². The Hall–Kier alpha value is -3.80. The number of hydrogen-bond donors (Lipinski definition) is 0. The van der Waals surface area contributed by atoms with Crippen molar-refractivity contribution in [3.05, 3.63) is 72.0 Å². The van der Waals surface area contributed by atoms with Crippen molar-refractivity contribution in [3.8, 4) is 24.3 Å². The first-order chi connectivity index (χ1) is 14.5. The van der Waals surface area contributed by atoms with Gasteiger partial charge in [-0.05, 0) is 54.9 Å². The average molecular weight is 399 g/mol. The van der Waals surface area contributed by atoms with Crippen LogP contribution in [0.1, 0.15) is 49.7 Å². The molecule has 0 aliphatic rings. The van der Waals surface area contributed by atoms with Gasteiger partial charge in [0, 0.05) is 0 Å². The van der Waals surface area contributed by atoms with Crippen molar-refractivity contribution in [3.63, 3.8) is 0 Å². The van der Waals surface area contributed by atoms with Crippen molar-refractivity contribution in [2.24, 2.45) is 5.92 Å². The molecule has 1 atom stereocenters. The van der Waals surface area contributed by atoms with E-state index in [9.17, 15) is 10.5 Å². The van der Waals surface area contributed by atoms with E-state index >= 15 is 0 Å². The van der Waals surface area contributed by atoms with E-state index in [2.05, 4.69) is 18.7 Å². The quantitative estimate of drug-likeness (QED) is 0.210. The topological polar surface area (TPSA) is 104 Å². The highest BCUT2D eigenvalue weighted by Crippen LogP contribution is 2.33. The van der Waals surface area contributed by atoms with Gasteiger partial charge in [-0.25, -0.2) is 0 Å². The predicted molar refractivity (Wildman–Crippen MR) is 115 cm³/mol. The molecule has 0 heterocycles. The highest BCUT2D eigenvalue weighted by molar-refractivity contribution is 5.43. The first-order valence-corrected chi connectivity index (χ1v) is 9.74. The molecule has 0 fully saturated rings. The number of nitriles is 4. The van der Waals surface area contributed by atoms with E-state index in [4.69, 9.17) is 15.3 Å². The zero-order valence-corrected chi connectivity index (χ0v) is 17.5. The number of unbranched alkanes of at least 4 members (excludes halogenated alkanes) is 1. The van der Waals surface area contributed by atoms with Crippen LogP contribution >= 0.6 is 0 Å². The van der Waals surface area contributed by atoms with Gasteiger partial charge >= 0.3 is 0 Å². The third-order valence-corrected chi connectivity index (χ3v) is 4.81. The Morgan fingerprint density at radius 1 is 1.10 bits per heavy atom. The lowest BCUT2D eigenvalue weighted by Crippen LogP contribution is -2.25. The van der Waals surface area contributed by atoms with E-state index in [1.165, 1.54) is 0 Å². The van der Waals surface area contributed by atoms with E-state index in [0.717, 1.165) is 18.6 Å². The number of hydrogen-bond acceptors (Lipinski definition) is 5. The second kappa shape index (κ2) is 12.6. The molecule has 0 saturated heterocycles. The van der Waals surface area contributed by atoms with Gasteiger partial charge < -0.3 is 4.74 Å². The lowest BCUT2D eigenvalue weighted by Gasteiger charge is -2.23. The maximum absolute atomic E-state index is 9.80. The van der Waals surface area contributed by atoms with Crippen LogP contribution in [0.2, 0.25) is 0 Å². The predicted octanol–water partition coefficient (Wildman–Crippen LogP) is 5.57. The molecule has 0 bridgehead atoms. The molecule has 0 spiro atoms. The molecule has 0 amide bonds. The van der Waals surface area contributed by atoms with Crippen LogP contribution in [-0.2, 0) is 10.2 Å². The highest BCUT2D eigenvalue weighted by atomic mass is 16.5. The Labute approximate surface area is 179 Å². The van der Waals surface area contributed by atoms with Gasteiger partial charge in [-0.2, -0.15) is 21.0 Å². The van der Waals surface area contributed by atoms with Crippen molar-refractivity contribution >= 4 is 0 Å². The number of benzene rings is 1. The molecular formula is C25H26N4O. The van der Waals surface area contributed by atoms with Gasteiger partial charge in [0.15, 0.2) is 11.3 Å². The van der Waals surface area contributed by atoms with Crippen molar-refractivity contribution in [2.75, 3.05) is 7.11 Å². The van der Waals surface area contributed by atoms with E-state index < -0.39 is 11.3 Å². The molecule has 5 nitrogen and oxygen atoms in total. The van der Waals surface area contributed by atoms with Crippen molar-refractivity contribution in [2.45, 2.75) is 43.9 Å². The monoisotopic (exact) mass is 398 g/mol. The molecule has 1 aromatic rings. The third kappa shape index (κ3) is 6.67. The Balaban J connectivity index is 2.96. The summed E-state index contributed by atoms with van der Waals surface area (Å²) in [5.74, 6) is -0.0656. The molecule has 1 unspecified atom stereocenters. The Kier molecular flexibility index (Phi) is 10.2. The second-order valence-corrected chi connectivity index (χ2v) is 7.07. The Morgan fingerprint density at radius 3 is 2.23 bits per heavy atom. The van der Waals surface area contributed by atoms with Crippen LogP contribution in [0.4, 0.5) is 0 Å². The van der Waals surface area contributed by atoms with E-state index in [1.54, 1.807) is 31.4 Å². The van der Waals surface area contributed by atoms with Crippen LogP contribution < -0.4 is 0 Å². The van der Waals surface area contributed by atoms with Crippen LogP contribution in [-0.4, -0.2) is 7.11 Å². The van der Waals surface area contributed by atoms with Crippen LogP contribution in [0.3, 0.4) is 0 Å². The Morgan fingerprint density at radius 2 is 1.73 bits per heavy atom. The summed E-state index contributed by atoms with van der Waals surface area (Å²) in [7, 11) is 1.61. The SMILES string of the molecule is C=CCC/C=C\C(=C\CC(C)CC(C#N)(C#N)c1ccc(C(C#N)C#N)cc1)OC. The molecule has 0 N–H and O–H groups in total. The number of rotatable bonds is 11. The van der Waals surface area contributed by atoms with Crippen LogP contribution in [0.25, 0.3) is 0 Å². The summed E-state index contributed by atoms with van der Waals surface area (Å²) in [5.41, 5.74) is -0.177. The maximum atomic E-state index is 9.80. The van der Waals surface area contributed by atoms with Crippen molar-refractivity contribution in [1.82, 2.24) is 0 Å². The fraction of sp³-hybridized carbons (Fsp3) is 0.360. The summed E-state index contributed by atoms with van der Waals surface area (Å²) in [6, 6.07) is 14.8. The zero-order chi connectivity index (χ0) is 22.4. The number of nitrogens with zero attached hydrogens (tertiary/aromatic N) is 4. The molecule has 1 rings (SSSR count). The molecule has 0 aliphatic heterocycles. The molecule has 0 radical (unpaired) electrons. The van der Waals surface area contributed by atoms with Crippen molar-refractivity contribution in [1.29, 1.82) is 21.0 Å². The van der Waals surface area contributed by atoms with E-state index in [1.807, 2.05) is 43.4 Å². The minimum absolute atomic E-state index is 0.0571. The second-order valence-electron chi connectivity index (χ2n) is 7.07. The average Bonchev–Trinajstić information content (AvgIpc) is 2.78. The van der Waals surface area contributed by atoms with Gasteiger partial charge in [0.2, 0.25) is 0 Å². The minimum atomic E-state index is -1.30. The molecular weight excluding hydrogens is 372 g/mol. The molecule has 5 heteroatoms. The summed E-state index contributed by atoms with van der Waals surface area (Å²) >= 11 is 0. The van der Waals surface area contributed by atoms with E-state index in [0.29, 0.717) is 24.0 Å². The largest absolute Gasteiger partial charge is 0.497 e. The van der Waals surface area contributed by atoms with E-state index in [-0.39, 0.29) is 5.92 Å². The smallest absolute Gasteiger partial charge is 0.168 e. The van der Waals surface area contributed by atoms with Gasteiger partial charge in [-0.3, -0.25) is 0 Å². The molecule has 0 aromatic heterocycles. The lowest BCUT2D eigenvalue weighted by atomic mass is 9.75.